The van der Waals surface area contributed by atoms with Crippen LogP contribution in [0.2, 0.25) is 0 Å². The van der Waals surface area contributed by atoms with Crippen LogP contribution in [-0.2, 0) is 9.59 Å². The van der Waals surface area contributed by atoms with Crippen molar-refractivity contribution in [2.75, 3.05) is 13.1 Å². The van der Waals surface area contributed by atoms with Gasteiger partial charge in [0, 0.05) is 19.0 Å². The van der Waals surface area contributed by atoms with Crippen molar-refractivity contribution in [3.8, 4) is 0 Å². The summed E-state index contributed by atoms with van der Waals surface area (Å²) in [6, 6.07) is 0.279. The van der Waals surface area contributed by atoms with Gasteiger partial charge in [-0.05, 0) is 45.1 Å². The van der Waals surface area contributed by atoms with Crippen LogP contribution in [0.5, 0.6) is 0 Å². The first-order chi connectivity index (χ1) is 9.56. The zero-order valence-corrected chi connectivity index (χ0v) is 12.3. The number of likely N-dealkylation sites (tertiary alicyclic amines) is 1. The molecule has 0 aromatic rings. The van der Waals surface area contributed by atoms with Gasteiger partial charge in [-0.15, -0.1) is 0 Å². The number of hydrogen-bond acceptors (Lipinski definition) is 3. The molecule has 20 heavy (non-hydrogen) atoms. The Morgan fingerprint density at radius 1 is 1.30 bits per heavy atom. The van der Waals surface area contributed by atoms with E-state index in [-0.39, 0.29) is 18.4 Å². The molecule has 2 unspecified atom stereocenters. The smallest absolute Gasteiger partial charge is 0.303 e. The van der Waals surface area contributed by atoms with Crippen molar-refractivity contribution in [1.29, 1.82) is 0 Å². The lowest BCUT2D eigenvalue weighted by Gasteiger charge is -2.25. The molecule has 0 radical (unpaired) electrons. The van der Waals surface area contributed by atoms with Gasteiger partial charge in [-0.2, -0.15) is 0 Å². The summed E-state index contributed by atoms with van der Waals surface area (Å²) < 4.78 is 0. The normalized spacial score (nSPS) is 25.8. The van der Waals surface area contributed by atoms with E-state index in [1.165, 1.54) is 12.8 Å². The van der Waals surface area contributed by atoms with Crippen molar-refractivity contribution in [3.63, 3.8) is 0 Å². The van der Waals surface area contributed by atoms with Gasteiger partial charge < -0.3 is 10.4 Å². The van der Waals surface area contributed by atoms with Gasteiger partial charge in [0.2, 0.25) is 5.91 Å². The highest BCUT2D eigenvalue weighted by Crippen LogP contribution is 2.23. The van der Waals surface area contributed by atoms with Gasteiger partial charge in [0.15, 0.2) is 0 Å². The minimum atomic E-state index is -0.726. The molecule has 0 spiro atoms. The molecule has 5 nitrogen and oxygen atoms in total. The van der Waals surface area contributed by atoms with Crippen LogP contribution in [0.1, 0.15) is 51.9 Å². The molecule has 1 heterocycles. The summed E-state index contributed by atoms with van der Waals surface area (Å²) >= 11 is 0. The summed E-state index contributed by atoms with van der Waals surface area (Å²) in [4.78, 5) is 25.0. The second-order valence-corrected chi connectivity index (χ2v) is 6.25. The monoisotopic (exact) mass is 282 g/mol. The van der Waals surface area contributed by atoms with E-state index < -0.39 is 5.97 Å². The summed E-state index contributed by atoms with van der Waals surface area (Å²) in [6.45, 7) is 3.72. The fourth-order valence-corrected chi connectivity index (χ4v) is 3.34. The fourth-order valence-electron chi connectivity index (χ4n) is 3.34. The Morgan fingerprint density at radius 2 is 2.00 bits per heavy atom. The number of amides is 1. The highest BCUT2D eigenvalue weighted by molar-refractivity contribution is 5.81. The predicted octanol–water partition coefficient (Wildman–Crippen LogP) is 1.62. The van der Waals surface area contributed by atoms with Crippen LogP contribution in [0.25, 0.3) is 0 Å². The van der Waals surface area contributed by atoms with Crippen molar-refractivity contribution in [2.45, 2.75) is 64.0 Å². The Labute approximate surface area is 120 Å². The van der Waals surface area contributed by atoms with Gasteiger partial charge >= 0.3 is 5.97 Å². The third kappa shape index (κ3) is 4.20. The lowest BCUT2D eigenvalue weighted by Crippen LogP contribution is -2.46. The molecule has 5 heteroatoms. The summed E-state index contributed by atoms with van der Waals surface area (Å²) in [5, 5.41) is 11.9. The average molecular weight is 282 g/mol. The molecular weight excluding hydrogens is 256 g/mol. The van der Waals surface area contributed by atoms with E-state index in [0.717, 1.165) is 38.8 Å². The third-order valence-electron chi connectivity index (χ3n) is 4.71. The molecule has 114 valence electrons. The number of nitrogens with zero attached hydrogens (tertiary/aromatic N) is 1. The third-order valence-corrected chi connectivity index (χ3v) is 4.71. The standard InChI is InChI=1S/C15H26N2O3/c1-11(15(20)16-13-4-2-3-5-13)17-9-8-12(10-17)6-7-14(18)19/h11-13H,2-10H2,1H3,(H,16,20)(H,18,19). The van der Waals surface area contributed by atoms with Crippen molar-refractivity contribution >= 4 is 11.9 Å². The predicted molar refractivity (Wildman–Crippen MR) is 76.4 cm³/mol. The number of nitrogens with one attached hydrogen (secondary N) is 1. The van der Waals surface area contributed by atoms with Gasteiger partial charge in [0.1, 0.15) is 0 Å². The largest absolute Gasteiger partial charge is 0.481 e. The van der Waals surface area contributed by atoms with Gasteiger partial charge in [-0.3, -0.25) is 14.5 Å². The minimum Gasteiger partial charge on any atom is -0.481 e. The molecule has 2 N–H and O–H groups in total. The number of carboxylic acid groups (broad SMARTS) is 1. The summed E-state index contributed by atoms with van der Waals surface area (Å²) in [5.74, 6) is -0.168. The molecule has 1 amide bonds. The van der Waals surface area contributed by atoms with Crippen LogP contribution in [0.15, 0.2) is 0 Å². The van der Waals surface area contributed by atoms with Gasteiger partial charge in [-0.1, -0.05) is 12.8 Å². The van der Waals surface area contributed by atoms with Crippen molar-refractivity contribution < 1.29 is 14.7 Å². The quantitative estimate of drug-likeness (QED) is 0.776. The van der Waals surface area contributed by atoms with Crippen LogP contribution in [0.4, 0.5) is 0 Å². The zero-order valence-electron chi connectivity index (χ0n) is 12.3. The van der Waals surface area contributed by atoms with Gasteiger partial charge in [0.25, 0.3) is 0 Å². The van der Waals surface area contributed by atoms with E-state index in [1.54, 1.807) is 0 Å². The summed E-state index contributed by atoms with van der Waals surface area (Å²) in [7, 11) is 0. The number of rotatable bonds is 6. The Kier molecular flexibility index (Phi) is 5.40. The number of carbonyl (C=O) groups excluding carboxylic acids is 1. The highest BCUT2D eigenvalue weighted by atomic mass is 16.4. The van der Waals surface area contributed by atoms with Crippen LogP contribution in [0, 0.1) is 5.92 Å². The van der Waals surface area contributed by atoms with E-state index in [9.17, 15) is 9.59 Å². The van der Waals surface area contributed by atoms with Crippen LogP contribution in [0.3, 0.4) is 0 Å². The van der Waals surface area contributed by atoms with Crippen molar-refractivity contribution in [3.05, 3.63) is 0 Å². The maximum Gasteiger partial charge on any atom is 0.303 e. The van der Waals surface area contributed by atoms with Gasteiger partial charge in [-0.25, -0.2) is 0 Å². The molecule has 0 aromatic heterocycles. The molecule has 1 aliphatic heterocycles. The molecule has 2 rings (SSSR count). The van der Waals surface area contributed by atoms with Crippen LogP contribution in [-0.4, -0.2) is 47.1 Å². The SMILES string of the molecule is CC(C(=O)NC1CCCC1)N1CCC(CCC(=O)O)C1. The fraction of sp³-hybridized carbons (Fsp3) is 0.867. The van der Waals surface area contributed by atoms with E-state index in [4.69, 9.17) is 5.11 Å². The molecule has 2 atom stereocenters. The maximum absolute atomic E-state index is 12.2. The Balaban J connectivity index is 1.73. The zero-order chi connectivity index (χ0) is 14.5. The number of hydrogen-bond donors (Lipinski definition) is 2. The molecule has 1 saturated carbocycles. The Hall–Kier alpha value is -1.10. The van der Waals surface area contributed by atoms with Crippen molar-refractivity contribution in [2.24, 2.45) is 5.92 Å². The number of carbonyl (C=O) groups is 2. The molecule has 1 aliphatic carbocycles. The summed E-state index contributed by atoms with van der Waals surface area (Å²) in [5.41, 5.74) is 0. The Morgan fingerprint density at radius 3 is 2.65 bits per heavy atom. The maximum atomic E-state index is 12.2. The lowest BCUT2D eigenvalue weighted by molar-refractivity contribution is -0.137. The molecule has 0 bridgehead atoms. The molecular formula is C15H26N2O3. The van der Waals surface area contributed by atoms with Gasteiger partial charge in [0.05, 0.1) is 6.04 Å². The first kappa shape index (κ1) is 15.3. The molecule has 0 aromatic carbocycles. The van der Waals surface area contributed by atoms with Crippen LogP contribution >= 0.6 is 0 Å². The van der Waals surface area contributed by atoms with Crippen LogP contribution < -0.4 is 5.32 Å². The lowest BCUT2D eigenvalue weighted by atomic mass is 10.0. The second kappa shape index (κ2) is 7.07. The molecule has 2 fully saturated rings. The van der Waals surface area contributed by atoms with E-state index in [1.807, 2.05) is 6.92 Å². The molecule has 2 aliphatic rings. The summed E-state index contributed by atoms with van der Waals surface area (Å²) in [6.07, 6.45) is 6.64. The Bertz CT molecular complexity index is 353. The first-order valence-electron chi connectivity index (χ1n) is 7.82. The van der Waals surface area contributed by atoms with E-state index in [2.05, 4.69) is 10.2 Å². The van der Waals surface area contributed by atoms with E-state index in [0.29, 0.717) is 12.0 Å². The number of aliphatic carboxylic acids is 1. The minimum absolute atomic E-state index is 0.0922. The highest BCUT2D eigenvalue weighted by Gasteiger charge is 2.30. The first-order valence-corrected chi connectivity index (χ1v) is 7.82. The van der Waals surface area contributed by atoms with E-state index >= 15 is 0 Å². The average Bonchev–Trinajstić information content (AvgIpc) is 3.06. The molecule has 1 saturated heterocycles. The van der Waals surface area contributed by atoms with Crippen molar-refractivity contribution in [1.82, 2.24) is 10.2 Å². The second-order valence-electron chi connectivity index (χ2n) is 6.25. The number of carboxylic acids is 1. The topological polar surface area (TPSA) is 69.6 Å².